The first-order valence-electron chi connectivity index (χ1n) is 5.45. The molecule has 0 saturated carbocycles. The van der Waals surface area contributed by atoms with Gasteiger partial charge in [-0.1, -0.05) is 37.0 Å². The number of methoxy groups -OCH3 is 1. The topological polar surface area (TPSA) is 64.3 Å². The summed E-state index contributed by atoms with van der Waals surface area (Å²) in [5.74, 6) is -0.337. The summed E-state index contributed by atoms with van der Waals surface area (Å²) in [7, 11) is 1.34. The van der Waals surface area contributed by atoms with Crippen molar-refractivity contribution in [2.45, 2.75) is 19.9 Å². The molecule has 0 bridgehead atoms. The number of rotatable bonds is 4. The summed E-state index contributed by atoms with van der Waals surface area (Å²) in [5.41, 5.74) is 6.57. The van der Waals surface area contributed by atoms with Gasteiger partial charge in [0.05, 0.1) is 22.8 Å². The van der Waals surface area contributed by atoms with Crippen molar-refractivity contribution >= 4 is 40.5 Å². The standard InChI is InChI=1S/C12H16Cl2N2O2/c1-6(2)10(12(17)18-3)16-11-8(13)4-7(15)5-9(11)14/h4-6,10,16H,15H2,1-3H3. The van der Waals surface area contributed by atoms with Crippen molar-refractivity contribution < 1.29 is 9.53 Å². The number of ether oxygens (including phenoxy) is 1. The molecule has 0 amide bonds. The molecule has 6 heteroatoms. The molecule has 0 aliphatic heterocycles. The average Bonchev–Trinajstić information content (AvgIpc) is 2.26. The third-order valence-electron chi connectivity index (χ3n) is 2.49. The molecule has 0 fully saturated rings. The molecule has 1 rings (SSSR count). The van der Waals surface area contributed by atoms with Gasteiger partial charge in [0.2, 0.25) is 0 Å². The molecule has 1 aromatic carbocycles. The molecule has 1 unspecified atom stereocenters. The van der Waals surface area contributed by atoms with Crippen LogP contribution in [0.3, 0.4) is 0 Å². The molecule has 0 aliphatic rings. The van der Waals surface area contributed by atoms with Gasteiger partial charge in [0, 0.05) is 5.69 Å². The van der Waals surface area contributed by atoms with Crippen LogP contribution in [0.1, 0.15) is 13.8 Å². The number of carbonyl (C=O) groups is 1. The fourth-order valence-electron chi connectivity index (χ4n) is 1.51. The van der Waals surface area contributed by atoms with Crippen LogP contribution in [-0.4, -0.2) is 19.1 Å². The number of anilines is 2. The van der Waals surface area contributed by atoms with Crippen molar-refractivity contribution in [2.75, 3.05) is 18.2 Å². The zero-order valence-corrected chi connectivity index (χ0v) is 12.0. The van der Waals surface area contributed by atoms with Gasteiger partial charge in [-0.05, 0) is 18.1 Å². The smallest absolute Gasteiger partial charge is 0.328 e. The van der Waals surface area contributed by atoms with E-state index in [0.717, 1.165) is 0 Å². The lowest BCUT2D eigenvalue weighted by Crippen LogP contribution is -2.35. The Bertz CT molecular complexity index is 427. The van der Waals surface area contributed by atoms with Crippen LogP contribution in [0.4, 0.5) is 11.4 Å². The number of nitrogen functional groups attached to an aromatic ring is 1. The van der Waals surface area contributed by atoms with Gasteiger partial charge in [-0.15, -0.1) is 0 Å². The molecule has 0 radical (unpaired) electrons. The summed E-state index contributed by atoms with van der Waals surface area (Å²) in [6.07, 6.45) is 0. The van der Waals surface area contributed by atoms with E-state index in [4.69, 9.17) is 33.7 Å². The van der Waals surface area contributed by atoms with E-state index in [1.807, 2.05) is 13.8 Å². The largest absolute Gasteiger partial charge is 0.467 e. The first-order chi connectivity index (χ1) is 8.36. The molecule has 0 heterocycles. The zero-order chi connectivity index (χ0) is 13.9. The van der Waals surface area contributed by atoms with E-state index in [1.54, 1.807) is 12.1 Å². The second kappa shape index (κ2) is 6.16. The number of hydrogen-bond donors (Lipinski definition) is 2. The molecule has 3 N–H and O–H groups in total. The van der Waals surface area contributed by atoms with Crippen LogP contribution in [0.5, 0.6) is 0 Å². The minimum absolute atomic E-state index is 0.0298. The van der Waals surface area contributed by atoms with E-state index < -0.39 is 6.04 Å². The number of halogens is 2. The number of esters is 1. The maximum Gasteiger partial charge on any atom is 0.328 e. The van der Waals surface area contributed by atoms with Gasteiger partial charge < -0.3 is 15.8 Å². The highest BCUT2D eigenvalue weighted by Gasteiger charge is 2.24. The normalized spacial score (nSPS) is 12.3. The number of nitrogens with one attached hydrogen (secondary N) is 1. The summed E-state index contributed by atoms with van der Waals surface area (Å²) in [6.45, 7) is 3.79. The van der Waals surface area contributed by atoms with E-state index >= 15 is 0 Å². The highest BCUT2D eigenvalue weighted by atomic mass is 35.5. The fourth-order valence-corrected chi connectivity index (χ4v) is 2.12. The van der Waals surface area contributed by atoms with E-state index in [9.17, 15) is 4.79 Å². The lowest BCUT2D eigenvalue weighted by molar-refractivity contribution is -0.142. The van der Waals surface area contributed by atoms with Crippen LogP contribution in [-0.2, 0) is 9.53 Å². The summed E-state index contributed by atoms with van der Waals surface area (Å²) < 4.78 is 4.74. The van der Waals surface area contributed by atoms with E-state index in [1.165, 1.54) is 7.11 Å². The first-order valence-corrected chi connectivity index (χ1v) is 6.21. The summed E-state index contributed by atoms with van der Waals surface area (Å²) >= 11 is 12.1. The maximum absolute atomic E-state index is 11.7. The molecular formula is C12H16Cl2N2O2. The third kappa shape index (κ3) is 3.43. The van der Waals surface area contributed by atoms with Gasteiger partial charge >= 0.3 is 5.97 Å². The van der Waals surface area contributed by atoms with Gasteiger partial charge in [0.15, 0.2) is 0 Å². The molecule has 4 nitrogen and oxygen atoms in total. The van der Waals surface area contributed by atoms with Gasteiger partial charge in [-0.25, -0.2) is 4.79 Å². The Hall–Kier alpha value is -1.13. The Balaban J connectivity index is 3.05. The third-order valence-corrected chi connectivity index (χ3v) is 3.08. The SMILES string of the molecule is COC(=O)C(Nc1c(Cl)cc(N)cc1Cl)C(C)C. The average molecular weight is 291 g/mol. The van der Waals surface area contributed by atoms with Crippen LogP contribution in [0.25, 0.3) is 0 Å². The molecular weight excluding hydrogens is 275 g/mol. The molecule has 0 spiro atoms. The second-order valence-corrected chi connectivity index (χ2v) is 5.06. The lowest BCUT2D eigenvalue weighted by atomic mass is 10.0. The molecule has 100 valence electrons. The van der Waals surface area contributed by atoms with E-state index in [2.05, 4.69) is 5.32 Å². The maximum atomic E-state index is 11.7. The highest BCUT2D eigenvalue weighted by Crippen LogP contribution is 2.34. The molecule has 18 heavy (non-hydrogen) atoms. The quantitative estimate of drug-likeness (QED) is 0.660. The first kappa shape index (κ1) is 14.9. The number of nitrogens with two attached hydrogens (primary N) is 1. The lowest BCUT2D eigenvalue weighted by Gasteiger charge is -2.22. The number of carbonyl (C=O) groups excluding carboxylic acids is 1. The van der Waals surface area contributed by atoms with Crippen molar-refractivity contribution in [1.29, 1.82) is 0 Å². The Morgan fingerprint density at radius 2 is 1.83 bits per heavy atom. The number of hydrogen-bond acceptors (Lipinski definition) is 4. The predicted octanol–water partition coefficient (Wildman–Crippen LogP) is 3.19. The van der Waals surface area contributed by atoms with Gasteiger partial charge in [-0.2, -0.15) is 0 Å². The molecule has 0 aliphatic carbocycles. The van der Waals surface area contributed by atoms with Crippen LogP contribution in [0, 0.1) is 5.92 Å². The van der Waals surface area contributed by atoms with Crippen LogP contribution >= 0.6 is 23.2 Å². The Labute approximate surface area is 116 Å². The van der Waals surface area contributed by atoms with Gasteiger partial charge in [-0.3, -0.25) is 0 Å². The molecule has 1 aromatic rings. The second-order valence-electron chi connectivity index (χ2n) is 4.25. The summed E-state index contributed by atoms with van der Waals surface area (Å²) in [6, 6.07) is 2.63. The minimum Gasteiger partial charge on any atom is -0.467 e. The molecule has 0 saturated heterocycles. The molecule has 0 aromatic heterocycles. The van der Waals surface area contributed by atoms with Gasteiger partial charge in [0.25, 0.3) is 0 Å². The highest BCUT2D eigenvalue weighted by molar-refractivity contribution is 6.39. The zero-order valence-electron chi connectivity index (χ0n) is 10.5. The molecule has 1 atom stereocenters. The number of benzene rings is 1. The van der Waals surface area contributed by atoms with E-state index in [0.29, 0.717) is 21.4 Å². The summed E-state index contributed by atoms with van der Waals surface area (Å²) in [5, 5.41) is 3.74. The van der Waals surface area contributed by atoms with Crippen molar-refractivity contribution in [2.24, 2.45) is 5.92 Å². The monoisotopic (exact) mass is 290 g/mol. The van der Waals surface area contributed by atoms with Crippen LogP contribution < -0.4 is 11.1 Å². The van der Waals surface area contributed by atoms with Crippen molar-refractivity contribution in [3.05, 3.63) is 22.2 Å². The minimum atomic E-state index is -0.520. The Morgan fingerprint density at radius 3 is 2.22 bits per heavy atom. The Morgan fingerprint density at radius 1 is 1.33 bits per heavy atom. The van der Waals surface area contributed by atoms with E-state index in [-0.39, 0.29) is 11.9 Å². The van der Waals surface area contributed by atoms with Crippen molar-refractivity contribution in [1.82, 2.24) is 0 Å². The van der Waals surface area contributed by atoms with Crippen LogP contribution in [0.2, 0.25) is 10.0 Å². The fraction of sp³-hybridized carbons (Fsp3) is 0.417. The summed E-state index contributed by atoms with van der Waals surface area (Å²) in [4.78, 5) is 11.7. The Kier molecular flexibility index (Phi) is 5.11. The van der Waals surface area contributed by atoms with Gasteiger partial charge in [0.1, 0.15) is 6.04 Å². The predicted molar refractivity (Wildman–Crippen MR) is 75.1 cm³/mol. The van der Waals surface area contributed by atoms with Crippen LogP contribution in [0.15, 0.2) is 12.1 Å². The van der Waals surface area contributed by atoms with Crippen molar-refractivity contribution in [3.8, 4) is 0 Å². The van der Waals surface area contributed by atoms with Crippen molar-refractivity contribution in [3.63, 3.8) is 0 Å².